The average molecular weight is 256 g/mol. The maximum Gasteiger partial charge on any atom is 0.0561 e. The van der Waals surface area contributed by atoms with Gasteiger partial charge in [-0.25, -0.2) is 0 Å². The van der Waals surface area contributed by atoms with Crippen LogP contribution in [0.4, 0.5) is 5.69 Å². The number of hydrazone groups is 1. The van der Waals surface area contributed by atoms with Gasteiger partial charge in [0.05, 0.1) is 11.9 Å². The van der Waals surface area contributed by atoms with E-state index >= 15 is 0 Å². The third-order valence-electron chi connectivity index (χ3n) is 2.57. The normalized spacial score (nSPS) is 10.8. The van der Waals surface area contributed by atoms with Crippen LogP contribution in [0.25, 0.3) is 0 Å². The molecule has 3 heteroatoms. The molecule has 0 fully saturated rings. The maximum absolute atomic E-state index is 4.22. The van der Waals surface area contributed by atoms with Crippen molar-refractivity contribution in [3.8, 4) is 0 Å². The Morgan fingerprint density at radius 3 is 2.28 bits per heavy atom. The summed E-state index contributed by atoms with van der Waals surface area (Å²) >= 11 is 1.74. The zero-order chi connectivity index (χ0) is 12.8. The van der Waals surface area contributed by atoms with Crippen LogP contribution in [0.15, 0.2) is 58.5 Å². The van der Waals surface area contributed by atoms with Gasteiger partial charge in [-0.15, -0.1) is 11.8 Å². The Balaban J connectivity index is 1.96. The fourth-order valence-corrected chi connectivity index (χ4v) is 1.91. The second-order valence-electron chi connectivity index (χ2n) is 4.01. The van der Waals surface area contributed by atoms with Crippen molar-refractivity contribution in [1.82, 2.24) is 0 Å². The number of hydrogen-bond donors (Lipinski definition) is 1. The topological polar surface area (TPSA) is 24.4 Å². The van der Waals surface area contributed by atoms with Crippen molar-refractivity contribution in [2.45, 2.75) is 11.8 Å². The maximum atomic E-state index is 4.22. The molecule has 92 valence electrons. The van der Waals surface area contributed by atoms with Gasteiger partial charge >= 0.3 is 0 Å². The molecule has 2 aromatic carbocycles. The van der Waals surface area contributed by atoms with E-state index in [2.05, 4.69) is 60.1 Å². The highest BCUT2D eigenvalue weighted by molar-refractivity contribution is 7.98. The summed E-state index contributed by atoms with van der Waals surface area (Å²) in [6.45, 7) is 2.07. The van der Waals surface area contributed by atoms with Crippen LogP contribution in [0.5, 0.6) is 0 Å². The number of nitrogens with one attached hydrogen (secondary N) is 1. The minimum Gasteiger partial charge on any atom is -0.279 e. The molecule has 0 atom stereocenters. The van der Waals surface area contributed by atoms with E-state index in [0.717, 1.165) is 11.3 Å². The van der Waals surface area contributed by atoms with Gasteiger partial charge in [0.2, 0.25) is 0 Å². The quantitative estimate of drug-likeness (QED) is 0.504. The van der Waals surface area contributed by atoms with E-state index in [0.29, 0.717) is 0 Å². The zero-order valence-corrected chi connectivity index (χ0v) is 11.4. The van der Waals surface area contributed by atoms with Gasteiger partial charge in [0, 0.05) is 4.90 Å². The first-order valence-corrected chi connectivity index (χ1v) is 7.00. The summed E-state index contributed by atoms with van der Waals surface area (Å²) in [5.74, 6) is 0. The van der Waals surface area contributed by atoms with Gasteiger partial charge < -0.3 is 0 Å². The first kappa shape index (κ1) is 12.7. The number of rotatable bonds is 4. The van der Waals surface area contributed by atoms with Gasteiger partial charge in [0.25, 0.3) is 0 Å². The van der Waals surface area contributed by atoms with Crippen molar-refractivity contribution in [2.75, 3.05) is 11.7 Å². The molecule has 0 radical (unpaired) electrons. The lowest BCUT2D eigenvalue weighted by Crippen LogP contribution is -1.90. The van der Waals surface area contributed by atoms with Crippen LogP contribution in [0.3, 0.4) is 0 Å². The number of anilines is 1. The van der Waals surface area contributed by atoms with Crippen LogP contribution >= 0.6 is 11.8 Å². The van der Waals surface area contributed by atoms with Crippen LogP contribution in [0, 0.1) is 6.92 Å². The van der Waals surface area contributed by atoms with Crippen LogP contribution < -0.4 is 5.43 Å². The molecule has 0 aliphatic rings. The predicted octanol–water partition coefficient (Wildman–Crippen LogP) is 4.16. The van der Waals surface area contributed by atoms with Crippen LogP contribution in [-0.4, -0.2) is 12.5 Å². The number of benzene rings is 2. The lowest BCUT2D eigenvalue weighted by molar-refractivity contribution is 1.33. The molecule has 0 saturated carbocycles. The fourth-order valence-electron chi connectivity index (χ4n) is 1.50. The van der Waals surface area contributed by atoms with E-state index in [1.807, 2.05) is 18.3 Å². The van der Waals surface area contributed by atoms with Crippen molar-refractivity contribution in [3.63, 3.8) is 0 Å². The summed E-state index contributed by atoms with van der Waals surface area (Å²) in [4.78, 5) is 1.26. The van der Waals surface area contributed by atoms with E-state index in [9.17, 15) is 0 Å². The lowest BCUT2D eigenvalue weighted by atomic mass is 10.2. The smallest absolute Gasteiger partial charge is 0.0561 e. The number of hydrogen-bond acceptors (Lipinski definition) is 3. The van der Waals surface area contributed by atoms with E-state index in [4.69, 9.17) is 0 Å². The lowest BCUT2D eigenvalue weighted by Gasteiger charge is -2.00. The molecule has 0 saturated heterocycles. The molecule has 0 spiro atoms. The van der Waals surface area contributed by atoms with E-state index in [1.165, 1.54) is 10.5 Å². The molecule has 0 aromatic heterocycles. The summed E-state index contributed by atoms with van der Waals surface area (Å²) < 4.78 is 0. The highest BCUT2D eigenvalue weighted by Crippen LogP contribution is 2.14. The van der Waals surface area contributed by atoms with Gasteiger partial charge in [-0.2, -0.15) is 5.10 Å². The molecule has 2 nitrogen and oxygen atoms in total. The highest BCUT2D eigenvalue weighted by Gasteiger charge is 1.91. The van der Waals surface area contributed by atoms with Crippen LogP contribution in [-0.2, 0) is 0 Å². The Morgan fingerprint density at radius 1 is 1.00 bits per heavy atom. The third kappa shape index (κ3) is 3.64. The van der Waals surface area contributed by atoms with E-state index < -0.39 is 0 Å². The Morgan fingerprint density at radius 2 is 1.67 bits per heavy atom. The SMILES string of the molecule is CSc1ccc(/C=N\Nc2ccc(C)cc2)cc1. The average Bonchev–Trinajstić information content (AvgIpc) is 2.42. The molecule has 18 heavy (non-hydrogen) atoms. The second kappa shape index (κ2) is 6.26. The molecule has 0 bridgehead atoms. The molecule has 0 amide bonds. The fraction of sp³-hybridized carbons (Fsp3) is 0.133. The van der Waals surface area contributed by atoms with Crippen molar-refractivity contribution < 1.29 is 0 Å². The molecule has 0 aliphatic heterocycles. The van der Waals surface area contributed by atoms with Gasteiger partial charge in [0.15, 0.2) is 0 Å². The second-order valence-corrected chi connectivity index (χ2v) is 4.89. The summed E-state index contributed by atoms with van der Waals surface area (Å²) in [5.41, 5.74) is 6.35. The Kier molecular flexibility index (Phi) is 4.42. The van der Waals surface area contributed by atoms with Crippen molar-refractivity contribution >= 4 is 23.7 Å². The molecule has 2 rings (SSSR count). The van der Waals surface area contributed by atoms with Gasteiger partial charge in [-0.3, -0.25) is 5.43 Å². The van der Waals surface area contributed by atoms with Gasteiger partial charge in [-0.05, 0) is 43.0 Å². The number of aryl methyl sites for hydroxylation is 1. The van der Waals surface area contributed by atoms with Crippen molar-refractivity contribution in [1.29, 1.82) is 0 Å². The van der Waals surface area contributed by atoms with Gasteiger partial charge in [0.1, 0.15) is 0 Å². The minimum atomic E-state index is 0.998. The molecular formula is C15H16N2S. The monoisotopic (exact) mass is 256 g/mol. The molecule has 0 unspecified atom stereocenters. The highest BCUT2D eigenvalue weighted by atomic mass is 32.2. The van der Waals surface area contributed by atoms with E-state index in [1.54, 1.807) is 11.8 Å². The van der Waals surface area contributed by atoms with E-state index in [-0.39, 0.29) is 0 Å². The van der Waals surface area contributed by atoms with Gasteiger partial charge in [-0.1, -0.05) is 29.8 Å². The molecule has 0 aliphatic carbocycles. The number of nitrogens with zero attached hydrogens (tertiary/aromatic N) is 1. The molecule has 0 heterocycles. The third-order valence-corrected chi connectivity index (χ3v) is 3.32. The Bertz CT molecular complexity index is 515. The zero-order valence-electron chi connectivity index (χ0n) is 10.6. The summed E-state index contributed by atoms with van der Waals surface area (Å²) in [6, 6.07) is 16.5. The molecule has 1 N–H and O–H groups in total. The summed E-state index contributed by atoms with van der Waals surface area (Å²) in [5, 5.41) is 4.22. The molecule has 2 aromatic rings. The number of thioether (sulfide) groups is 1. The summed E-state index contributed by atoms with van der Waals surface area (Å²) in [7, 11) is 0. The Labute approximate surface area is 112 Å². The largest absolute Gasteiger partial charge is 0.279 e. The van der Waals surface area contributed by atoms with Crippen LogP contribution in [0.2, 0.25) is 0 Å². The van der Waals surface area contributed by atoms with Crippen molar-refractivity contribution in [3.05, 3.63) is 59.7 Å². The van der Waals surface area contributed by atoms with Crippen molar-refractivity contribution in [2.24, 2.45) is 5.10 Å². The summed E-state index contributed by atoms with van der Waals surface area (Å²) in [6.07, 6.45) is 3.89. The standard InChI is InChI=1S/C15H16N2S/c1-12-3-7-14(8-4-12)17-16-11-13-5-9-15(18-2)10-6-13/h3-11,17H,1-2H3/b16-11-. The van der Waals surface area contributed by atoms with Crippen LogP contribution in [0.1, 0.15) is 11.1 Å². The Hall–Kier alpha value is -1.74. The molecular weight excluding hydrogens is 240 g/mol. The predicted molar refractivity (Wildman–Crippen MR) is 80.6 cm³/mol. The minimum absolute atomic E-state index is 0.998. The first-order valence-electron chi connectivity index (χ1n) is 5.78. The first-order chi connectivity index (χ1) is 8.78.